The standard InChI is InChI=1S/C9H12N2OS2/c1-2-4-13-8-7(6-12)11-3-5-14-9(11)10-8/h3,5,12H,2,4,6H2,1H3. The number of hydrogen-bond donors (Lipinski definition) is 1. The zero-order valence-corrected chi connectivity index (χ0v) is 9.57. The van der Waals surface area contributed by atoms with Crippen LogP contribution >= 0.6 is 23.1 Å². The Morgan fingerprint density at radius 2 is 2.50 bits per heavy atom. The number of imidazole rings is 1. The number of aliphatic hydroxyl groups is 1. The molecule has 2 rings (SSSR count). The molecule has 2 heterocycles. The molecule has 0 aromatic carbocycles. The Kier molecular flexibility index (Phi) is 3.10. The predicted octanol–water partition coefficient (Wildman–Crippen LogP) is 2.39. The number of hydrogen-bond acceptors (Lipinski definition) is 4. The molecule has 5 heteroatoms. The molecule has 0 fully saturated rings. The molecule has 2 aromatic rings. The number of aromatic nitrogens is 2. The summed E-state index contributed by atoms with van der Waals surface area (Å²) in [5.41, 5.74) is 0.916. The molecule has 1 N–H and O–H groups in total. The van der Waals surface area contributed by atoms with Gasteiger partial charge in [-0.05, 0) is 12.2 Å². The maximum atomic E-state index is 9.25. The van der Waals surface area contributed by atoms with Crippen LogP contribution in [-0.2, 0) is 6.61 Å². The Morgan fingerprint density at radius 3 is 3.21 bits per heavy atom. The van der Waals surface area contributed by atoms with E-state index >= 15 is 0 Å². The lowest BCUT2D eigenvalue weighted by molar-refractivity contribution is 0.272. The van der Waals surface area contributed by atoms with Crippen LogP contribution in [0, 0.1) is 0 Å². The molecule has 0 saturated heterocycles. The third-order valence-corrected chi connectivity index (χ3v) is 3.89. The second-order valence-electron chi connectivity index (χ2n) is 2.93. The van der Waals surface area contributed by atoms with Crippen molar-refractivity contribution in [3.63, 3.8) is 0 Å². The van der Waals surface area contributed by atoms with E-state index in [-0.39, 0.29) is 6.61 Å². The van der Waals surface area contributed by atoms with Crippen LogP contribution in [0.5, 0.6) is 0 Å². The fourth-order valence-electron chi connectivity index (χ4n) is 1.27. The largest absolute Gasteiger partial charge is 0.390 e. The number of fused-ring (bicyclic) bond motifs is 1. The minimum Gasteiger partial charge on any atom is -0.390 e. The van der Waals surface area contributed by atoms with Gasteiger partial charge in [-0.15, -0.1) is 23.1 Å². The number of aliphatic hydroxyl groups excluding tert-OH is 1. The van der Waals surface area contributed by atoms with Gasteiger partial charge in [0.05, 0.1) is 12.3 Å². The molecule has 0 atom stereocenters. The van der Waals surface area contributed by atoms with Crippen molar-refractivity contribution in [1.82, 2.24) is 9.38 Å². The Labute approximate surface area is 90.8 Å². The molecule has 0 aliphatic carbocycles. The minimum absolute atomic E-state index is 0.0595. The van der Waals surface area contributed by atoms with Crippen molar-refractivity contribution in [2.45, 2.75) is 25.0 Å². The van der Waals surface area contributed by atoms with Gasteiger partial charge in [0.25, 0.3) is 0 Å². The van der Waals surface area contributed by atoms with Crippen molar-refractivity contribution in [3.05, 3.63) is 17.3 Å². The molecule has 76 valence electrons. The van der Waals surface area contributed by atoms with Crippen LogP contribution in [0.1, 0.15) is 19.0 Å². The van der Waals surface area contributed by atoms with Crippen LogP contribution in [0.2, 0.25) is 0 Å². The summed E-state index contributed by atoms with van der Waals surface area (Å²) in [4.78, 5) is 5.43. The number of thiazole rings is 1. The molecule has 0 bridgehead atoms. The van der Waals surface area contributed by atoms with Gasteiger partial charge in [0.1, 0.15) is 5.03 Å². The molecular formula is C9H12N2OS2. The SMILES string of the molecule is CCCSc1nc2sccn2c1CO. The van der Waals surface area contributed by atoms with E-state index in [0.717, 1.165) is 27.9 Å². The molecule has 3 nitrogen and oxygen atoms in total. The molecule has 0 unspecified atom stereocenters. The lowest BCUT2D eigenvalue weighted by Gasteiger charge is -1.98. The maximum Gasteiger partial charge on any atom is 0.195 e. The third kappa shape index (κ3) is 1.67. The molecular weight excluding hydrogens is 216 g/mol. The van der Waals surface area contributed by atoms with Gasteiger partial charge < -0.3 is 5.11 Å². The van der Waals surface area contributed by atoms with Gasteiger partial charge in [-0.25, -0.2) is 4.98 Å². The molecule has 0 amide bonds. The zero-order valence-electron chi connectivity index (χ0n) is 7.93. The monoisotopic (exact) mass is 228 g/mol. The first-order chi connectivity index (χ1) is 6.86. The van der Waals surface area contributed by atoms with Crippen LogP contribution in [-0.4, -0.2) is 20.2 Å². The van der Waals surface area contributed by atoms with E-state index in [1.54, 1.807) is 23.1 Å². The second kappa shape index (κ2) is 4.33. The Morgan fingerprint density at radius 1 is 1.64 bits per heavy atom. The third-order valence-electron chi connectivity index (χ3n) is 1.92. The van der Waals surface area contributed by atoms with Crippen LogP contribution in [0.25, 0.3) is 4.96 Å². The summed E-state index contributed by atoms with van der Waals surface area (Å²) in [5, 5.41) is 12.2. The van der Waals surface area contributed by atoms with E-state index in [1.165, 1.54) is 0 Å². The number of rotatable bonds is 4. The maximum absolute atomic E-state index is 9.25. The van der Waals surface area contributed by atoms with Crippen molar-refractivity contribution < 1.29 is 5.11 Å². The summed E-state index contributed by atoms with van der Waals surface area (Å²) < 4.78 is 1.96. The second-order valence-corrected chi connectivity index (χ2v) is 4.88. The van der Waals surface area contributed by atoms with Crippen LogP contribution < -0.4 is 0 Å². The molecule has 14 heavy (non-hydrogen) atoms. The summed E-state index contributed by atoms with van der Waals surface area (Å²) in [7, 11) is 0. The van der Waals surface area contributed by atoms with Crippen LogP contribution in [0.15, 0.2) is 16.6 Å². The first-order valence-electron chi connectivity index (χ1n) is 4.55. The normalized spacial score (nSPS) is 11.3. The van der Waals surface area contributed by atoms with Gasteiger partial charge in [0.15, 0.2) is 4.96 Å². The number of nitrogens with zero attached hydrogens (tertiary/aromatic N) is 2. The van der Waals surface area contributed by atoms with E-state index in [9.17, 15) is 5.11 Å². The Balaban J connectivity index is 2.37. The summed E-state index contributed by atoms with van der Waals surface area (Å²) in [5.74, 6) is 1.05. The Hall–Kier alpha value is -0.520. The average Bonchev–Trinajstić information content (AvgIpc) is 2.73. The van der Waals surface area contributed by atoms with Gasteiger partial charge in [-0.1, -0.05) is 6.92 Å². The van der Waals surface area contributed by atoms with E-state index < -0.39 is 0 Å². The quantitative estimate of drug-likeness (QED) is 0.816. The van der Waals surface area contributed by atoms with Gasteiger partial charge in [0, 0.05) is 11.6 Å². The molecule has 0 saturated carbocycles. The van der Waals surface area contributed by atoms with Crippen molar-refractivity contribution >= 4 is 28.1 Å². The van der Waals surface area contributed by atoms with E-state index in [2.05, 4.69) is 11.9 Å². The van der Waals surface area contributed by atoms with Crippen LogP contribution in [0.3, 0.4) is 0 Å². The first kappa shape index (κ1) is 10.0. The van der Waals surface area contributed by atoms with Gasteiger partial charge >= 0.3 is 0 Å². The highest BCUT2D eigenvalue weighted by atomic mass is 32.2. The predicted molar refractivity (Wildman–Crippen MR) is 60.0 cm³/mol. The molecule has 0 aliphatic rings. The number of thioether (sulfide) groups is 1. The topological polar surface area (TPSA) is 37.5 Å². The molecule has 0 radical (unpaired) electrons. The van der Waals surface area contributed by atoms with E-state index in [1.807, 2.05) is 16.0 Å². The minimum atomic E-state index is 0.0595. The van der Waals surface area contributed by atoms with Crippen molar-refractivity contribution in [3.8, 4) is 0 Å². The van der Waals surface area contributed by atoms with Gasteiger partial charge in [-0.3, -0.25) is 4.40 Å². The summed E-state index contributed by atoms with van der Waals surface area (Å²) >= 11 is 3.32. The van der Waals surface area contributed by atoms with Gasteiger partial charge in [-0.2, -0.15) is 0 Å². The molecule has 2 aromatic heterocycles. The van der Waals surface area contributed by atoms with Crippen molar-refractivity contribution in [2.24, 2.45) is 0 Å². The van der Waals surface area contributed by atoms with Crippen molar-refractivity contribution in [1.29, 1.82) is 0 Å². The average molecular weight is 228 g/mol. The summed E-state index contributed by atoms with van der Waals surface area (Å²) in [6.45, 7) is 2.20. The van der Waals surface area contributed by atoms with E-state index in [4.69, 9.17) is 0 Å². The van der Waals surface area contributed by atoms with E-state index in [0.29, 0.717) is 0 Å². The smallest absolute Gasteiger partial charge is 0.195 e. The highest BCUT2D eigenvalue weighted by Gasteiger charge is 2.11. The van der Waals surface area contributed by atoms with Crippen molar-refractivity contribution in [2.75, 3.05) is 5.75 Å². The van der Waals surface area contributed by atoms with Crippen LogP contribution in [0.4, 0.5) is 0 Å². The fourth-order valence-corrected chi connectivity index (χ4v) is 2.94. The zero-order chi connectivity index (χ0) is 9.97. The highest BCUT2D eigenvalue weighted by molar-refractivity contribution is 7.99. The lowest BCUT2D eigenvalue weighted by Crippen LogP contribution is -1.91. The lowest BCUT2D eigenvalue weighted by atomic mass is 10.5. The highest BCUT2D eigenvalue weighted by Crippen LogP contribution is 2.26. The van der Waals surface area contributed by atoms with Gasteiger partial charge in [0.2, 0.25) is 0 Å². The summed E-state index contributed by atoms with van der Waals surface area (Å²) in [6, 6.07) is 0. The Bertz CT molecular complexity index is 421. The first-order valence-corrected chi connectivity index (χ1v) is 6.41. The fraction of sp³-hybridized carbons (Fsp3) is 0.444. The summed E-state index contributed by atoms with van der Waals surface area (Å²) in [6.07, 6.45) is 3.08. The molecule has 0 aliphatic heterocycles. The molecule has 0 spiro atoms.